The lowest BCUT2D eigenvalue weighted by Crippen LogP contribution is -2.64. The zero-order chi connectivity index (χ0) is 35.1. The van der Waals surface area contributed by atoms with Gasteiger partial charge in [-0.3, -0.25) is 9.80 Å². The van der Waals surface area contributed by atoms with Crippen LogP contribution in [-0.4, -0.2) is 99.1 Å². The van der Waals surface area contributed by atoms with E-state index in [9.17, 15) is 30.1 Å². The van der Waals surface area contributed by atoms with Crippen molar-refractivity contribution in [3.63, 3.8) is 0 Å². The maximum absolute atomic E-state index is 14.2. The van der Waals surface area contributed by atoms with Crippen LogP contribution < -0.4 is 0 Å². The zero-order valence-corrected chi connectivity index (χ0v) is 28.0. The highest BCUT2D eigenvalue weighted by atomic mass is 16.6. The van der Waals surface area contributed by atoms with Crippen molar-refractivity contribution in [2.75, 3.05) is 19.8 Å². The smallest absolute Gasteiger partial charge is 0.412 e. The number of amides is 2. The first-order valence-corrected chi connectivity index (χ1v) is 15.9. The van der Waals surface area contributed by atoms with Crippen LogP contribution in [0.5, 0.6) is 0 Å². The predicted octanol–water partition coefficient (Wildman–Crippen LogP) is 5.18. The zero-order valence-electron chi connectivity index (χ0n) is 28.0. The van der Waals surface area contributed by atoms with Gasteiger partial charge in [-0.05, 0) is 77.1 Å². The number of likely N-dealkylation sites (tertiary alicyclic amines) is 1. The quantitative estimate of drug-likeness (QED) is 0.107. The monoisotopic (exact) mass is 667 g/mol. The van der Waals surface area contributed by atoms with Crippen molar-refractivity contribution in [3.8, 4) is 0 Å². The molecule has 0 radical (unpaired) electrons. The van der Waals surface area contributed by atoms with Gasteiger partial charge in [-0.25, -0.2) is 14.4 Å². The molecular weight excluding hydrogens is 622 g/mol. The van der Waals surface area contributed by atoms with Gasteiger partial charge in [0.2, 0.25) is 0 Å². The Hall–Kier alpha value is -4.36. The van der Waals surface area contributed by atoms with E-state index in [2.05, 4.69) is 10.0 Å². The van der Waals surface area contributed by atoms with Crippen molar-refractivity contribution < 1.29 is 43.5 Å². The Morgan fingerprint density at radius 1 is 1.02 bits per heavy atom. The molecule has 2 fully saturated rings. The molecule has 2 heterocycles. The third-order valence-electron chi connectivity index (χ3n) is 8.63. The fourth-order valence-corrected chi connectivity index (χ4v) is 6.41. The van der Waals surface area contributed by atoms with Crippen LogP contribution in [-0.2, 0) is 25.6 Å². The minimum atomic E-state index is -1.68. The van der Waals surface area contributed by atoms with Crippen molar-refractivity contribution in [2.24, 2.45) is 5.11 Å². The van der Waals surface area contributed by atoms with Crippen LogP contribution >= 0.6 is 0 Å². The lowest BCUT2D eigenvalue weighted by molar-refractivity contribution is -0.0749. The van der Waals surface area contributed by atoms with E-state index >= 15 is 0 Å². The predicted molar refractivity (Wildman–Crippen MR) is 173 cm³/mol. The van der Waals surface area contributed by atoms with Gasteiger partial charge in [0, 0.05) is 11.0 Å². The van der Waals surface area contributed by atoms with E-state index in [1.807, 2.05) is 6.07 Å². The second-order valence-electron chi connectivity index (χ2n) is 13.5. The van der Waals surface area contributed by atoms with Crippen LogP contribution in [0, 0.1) is 0 Å². The molecule has 2 saturated heterocycles. The summed E-state index contributed by atoms with van der Waals surface area (Å²) in [5, 5.41) is 25.6. The van der Waals surface area contributed by atoms with Crippen LogP contribution in [0.15, 0.2) is 65.8 Å². The molecule has 260 valence electrons. The number of carbonyl (C=O) groups excluding carboxylic acids is 3. The topological polar surface area (TPSA) is 184 Å². The Morgan fingerprint density at radius 3 is 2.27 bits per heavy atom. The number of azide groups is 1. The normalized spacial score (nSPS) is 23.1. The summed E-state index contributed by atoms with van der Waals surface area (Å²) >= 11 is 0. The number of aliphatic hydroxyl groups is 2. The van der Waals surface area contributed by atoms with Crippen LogP contribution in [0.25, 0.3) is 10.4 Å². The molecule has 0 unspecified atom stereocenters. The molecule has 2 N–H and O–H groups in total. The number of carbonyl (C=O) groups is 3. The number of esters is 1. The standard InChI is InChI=1S/C34H45N5O9/c1-32(2,3)48-31(44)38-26(21-47-33(38,4)5)18-25-16-17-34(28(41)27(19-40)36-37-35,22-46-29(42)24-14-10-7-11-15-24)39(25)30(43)45-20-23-12-8-6-9-13-23/h6-15,25-28,40-41H,16-22H2,1-5H3/t25-,26+,27+,28+,34+/m1/s1. The highest BCUT2D eigenvalue weighted by Gasteiger charge is 2.58. The van der Waals surface area contributed by atoms with Gasteiger partial charge in [0.05, 0.1) is 37.0 Å². The molecule has 2 amide bonds. The molecule has 4 rings (SSSR count). The SMILES string of the molecule is CC(C)(C)OC(=O)N1[C@@H](C[C@H]2CC[C@](COC(=O)c3ccccc3)([C@@H](O)[C@H](CO)N=[N+]=[N-])N2C(=O)OCc2ccccc2)COC1(C)C. The van der Waals surface area contributed by atoms with E-state index in [4.69, 9.17) is 18.9 Å². The fourth-order valence-electron chi connectivity index (χ4n) is 6.41. The summed E-state index contributed by atoms with van der Waals surface area (Å²) < 4.78 is 23.2. The summed E-state index contributed by atoms with van der Waals surface area (Å²) in [6.07, 6.45) is -2.52. The molecule has 2 aromatic rings. The second-order valence-corrected chi connectivity index (χ2v) is 13.5. The van der Waals surface area contributed by atoms with Gasteiger partial charge in [-0.15, -0.1) is 0 Å². The summed E-state index contributed by atoms with van der Waals surface area (Å²) in [7, 11) is 0. The lowest BCUT2D eigenvalue weighted by Gasteiger charge is -2.45. The first-order chi connectivity index (χ1) is 22.7. The van der Waals surface area contributed by atoms with Gasteiger partial charge < -0.3 is 29.2 Å². The van der Waals surface area contributed by atoms with Gasteiger partial charge >= 0.3 is 18.2 Å². The van der Waals surface area contributed by atoms with E-state index < -0.39 is 72.5 Å². The average Bonchev–Trinajstić information content (AvgIpc) is 3.57. The number of ether oxygens (including phenoxy) is 4. The van der Waals surface area contributed by atoms with Crippen molar-refractivity contribution >= 4 is 18.2 Å². The molecule has 0 bridgehead atoms. The Balaban J connectivity index is 1.73. The molecule has 14 nitrogen and oxygen atoms in total. The Kier molecular flexibility index (Phi) is 11.6. The third kappa shape index (κ3) is 8.37. The molecule has 48 heavy (non-hydrogen) atoms. The van der Waals surface area contributed by atoms with Crippen LogP contribution in [0.2, 0.25) is 0 Å². The number of benzene rings is 2. The summed E-state index contributed by atoms with van der Waals surface area (Å²) in [6, 6.07) is 14.6. The average molecular weight is 668 g/mol. The first kappa shape index (κ1) is 36.5. The van der Waals surface area contributed by atoms with E-state index in [0.29, 0.717) is 5.56 Å². The minimum Gasteiger partial charge on any atom is -0.459 e. The number of aliphatic hydroxyl groups excluding tert-OH is 2. The van der Waals surface area contributed by atoms with Crippen molar-refractivity contribution in [1.29, 1.82) is 0 Å². The Labute approximate surface area is 280 Å². The molecule has 2 aliphatic heterocycles. The molecule has 5 atom stereocenters. The summed E-state index contributed by atoms with van der Waals surface area (Å²) in [6.45, 7) is 7.60. The van der Waals surface area contributed by atoms with Gasteiger partial charge in [0.25, 0.3) is 0 Å². The molecule has 14 heteroatoms. The molecule has 0 spiro atoms. The molecule has 0 saturated carbocycles. The summed E-state index contributed by atoms with van der Waals surface area (Å²) in [4.78, 5) is 46.4. The van der Waals surface area contributed by atoms with Crippen LogP contribution in [0.4, 0.5) is 9.59 Å². The first-order valence-electron chi connectivity index (χ1n) is 15.9. The van der Waals surface area contributed by atoms with E-state index in [-0.39, 0.29) is 38.0 Å². The summed E-state index contributed by atoms with van der Waals surface area (Å²) in [5.74, 6) is -0.699. The maximum Gasteiger partial charge on any atom is 0.412 e. The number of hydrogen-bond donors (Lipinski definition) is 2. The number of hydrogen-bond acceptors (Lipinski definition) is 10. The third-order valence-corrected chi connectivity index (χ3v) is 8.63. The molecule has 0 aromatic heterocycles. The molecule has 2 aliphatic rings. The van der Waals surface area contributed by atoms with Crippen molar-refractivity contribution in [1.82, 2.24) is 9.80 Å². The van der Waals surface area contributed by atoms with E-state index in [0.717, 1.165) is 0 Å². The van der Waals surface area contributed by atoms with Crippen molar-refractivity contribution in [2.45, 2.75) is 102 Å². The molecular formula is C34H45N5O9. The molecule has 2 aromatic carbocycles. The Bertz CT molecular complexity index is 1460. The summed E-state index contributed by atoms with van der Waals surface area (Å²) in [5.41, 5.74) is 6.72. The fraction of sp³-hybridized carbons (Fsp3) is 0.559. The highest BCUT2D eigenvalue weighted by molar-refractivity contribution is 5.89. The lowest BCUT2D eigenvalue weighted by atomic mass is 9.86. The Morgan fingerprint density at radius 2 is 1.67 bits per heavy atom. The highest BCUT2D eigenvalue weighted by Crippen LogP contribution is 2.43. The van der Waals surface area contributed by atoms with Gasteiger partial charge in [0.1, 0.15) is 30.1 Å². The van der Waals surface area contributed by atoms with Gasteiger partial charge in [-0.1, -0.05) is 53.6 Å². The van der Waals surface area contributed by atoms with Gasteiger partial charge in [0.15, 0.2) is 0 Å². The second kappa shape index (κ2) is 15.2. The number of rotatable bonds is 11. The van der Waals surface area contributed by atoms with Crippen LogP contribution in [0.1, 0.15) is 69.8 Å². The van der Waals surface area contributed by atoms with Crippen molar-refractivity contribution in [3.05, 3.63) is 82.2 Å². The largest absolute Gasteiger partial charge is 0.459 e. The van der Waals surface area contributed by atoms with Crippen LogP contribution in [0.3, 0.4) is 0 Å². The van der Waals surface area contributed by atoms with Gasteiger partial charge in [-0.2, -0.15) is 0 Å². The van der Waals surface area contributed by atoms with E-state index in [1.165, 1.54) is 9.80 Å². The maximum atomic E-state index is 14.2. The van der Waals surface area contributed by atoms with E-state index in [1.54, 1.807) is 89.2 Å². The minimum absolute atomic E-state index is 0.0855. The number of nitrogens with zero attached hydrogens (tertiary/aromatic N) is 5. The molecule has 0 aliphatic carbocycles.